The van der Waals surface area contributed by atoms with Crippen molar-refractivity contribution in [3.05, 3.63) is 48.3 Å². The summed E-state index contributed by atoms with van der Waals surface area (Å²) in [5.41, 5.74) is 6.27. The van der Waals surface area contributed by atoms with E-state index >= 15 is 0 Å². The van der Waals surface area contributed by atoms with E-state index in [0.29, 0.717) is 11.3 Å². The summed E-state index contributed by atoms with van der Waals surface area (Å²) >= 11 is 0. The Balaban J connectivity index is 2.11. The van der Waals surface area contributed by atoms with Gasteiger partial charge in [0.2, 0.25) is 0 Å². The number of nitrogen functional groups attached to an aromatic ring is 1. The first-order chi connectivity index (χ1) is 7.75. The number of nitrogens with two attached hydrogens (primary N) is 1. The molecule has 2 aromatic rings. The molecule has 2 rings (SSSR count). The second kappa shape index (κ2) is 4.39. The van der Waals surface area contributed by atoms with Crippen LogP contribution >= 0.6 is 0 Å². The monoisotopic (exact) mass is 215 g/mol. The normalized spacial score (nSPS) is 9.75. The second-order valence-corrected chi connectivity index (χ2v) is 3.05. The van der Waals surface area contributed by atoms with Crippen LogP contribution in [-0.2, 0) is 0 Å². The van der Waals surface area contributed by atoms with E-state index in [9.17, 15) is 4.79 Å². The Hall–Kier alpha value is -2.43. The van der Waals surface area contributed by atoms with Gasteiger partial charge >= 0.3 is 12.0 Å². The third-order valence-corrected chi connectivity index (χ3v) is 1.84. The Morgan fingerprint density at radius 1 is 1.12 bits per heavy atom. The molecule has 0 radical (unpaired) electrons. The summed E-state index contributed by atoms with van der Waals surface area (Å²) < 4.78 is 4.94. The smallest absolute Gasteiger partial charge is 0.345 e. The number of hydrogen-bond acceptors (Lipinski definition) is 5. The maximum Gasteiger partial charge on any atom is 0.345 e. The first-order valence-corrected chi connectivity index (χ1v) is 4.60. The maximum atomic E-state index is 11.6. The van der Waals surface area contributed by atoms with E-state index in [-0.39, 0.29) is 6.01 Å². The van der Waals surface area contributed by atoms with Crippen LogP contribution in [0.4, 0.5) is 5.69 Å². The minimum absolute atomic E-state index is 0.0111. The van der Waals surface area contributed by atoms with E-state index in [0.717, 1.165) is 0 Å². The summed E-state index contributed by atoms with van der Waals surface area (Å²) in [6.07, 6.45) is 2.75. The van der Waals surface area contributed by atoms with Crippen molar-refractivity contribution in [3.63, 3.8) is 0 Å². The summed E-state index contributed by atoms with van der Waals surface area (Å²) in [6.45, 7) is 0. The molecule has 5 heteroatoms. The van der Waals surface area contributed by atoms with Gasteiger partial charge in [0.15, 0.2) is 0 Å². The summed E-state index contributed by atoms with van der Waals surface area (Å²) in [6, 6.07) is 8.61. The zero-order chi connectivity index (χ0) is 11.4. The Morgan fingerprint density at radius 3 is 2.38 bits per heavy atom. The zero-order valence-corrected chi connectivity index (χ0v) is 8.33. The quantitative estimate of drug-likeness (QED) is 0.763. The number of rotatable bonds is 2. The highest BCUT2D eigenvalue weighted by atomic mass is 16.5. The first kappa shape index (κ1) is 10.1. The number of aromatic nitrogens is 2. The molecule has 0 saturated heterocycles. The molecule has 0 amide bonds. The lowest BCUT2D eigenvalue weighted by molar-refractivity contribution is 0.0719. The number of carbonyl (C=O) groups excluding carboxylic acids is 1. The molecule has 80 valence electrons. The van der Waals surface area contributed by atoms with Gasteiger partial charge in [-0.15, -0.1) is 0 Å². The van der Waals surface area contributed by atoms with Gasteiger partial charge in [-0.25, -0.2) is 14.8 Å². The molecule has 1 heterocycles. The summed E-state index contributed by atoms with van der Waals surface area (Å²) in [5.74, 6) is -0.495. The van der Waals surface area contributed by atoms with Crippen LogP contribution in [0.3, 0.4) is 0 Å². The van der Waals surface area contributed by atoms with Crippen LogP contribution < -0.4 is 10.5 Å². The predicted octanol–water partition coefficient (Wildman–Crippen LogP) is 1.28. The molecule has 1 aromatic carbocycles. The van der Waals surface area contributed by atoms with Crippen molar-refractivity contribution < 1.29 is 9.53 Å². The molecular formula is C11H9N3O2. The van der Waals surface area contributed by atoms with Crippen LogP contribution in [0, 0.1) is 0 Å². The van der Waals surface area contributed by atoms with Crippen molar-refractivity contribution >= 4 is 11.7 Å². The third-order valence-electron chi connectivity index (χ3n) is 1.84. The average Bonchev–Trinajstić information content (AvgIpc) is 2.33. The standard InChI is InChI=1S/C11H9N3O2/c12-9-6-13-11(14-7-9)16-10(15)8-4-2-1-3-5-8/h1-7H,12H2. The largest absolute Gasteiger partial charge is 0.396 e. The number of nitrogens with zero attached hydrogens (tertiary/aromatic N) is 2. The summed E-state index contributed by atoms with van der Waals surface area (Å²) in [7, 11) is 0. The Labute approximate surface area is 91.9 Å². The Bertz CT molecular complexity index is 482. The van der Waals surface area contributed by atoms with Crippen molar-refractivity contribution in [2.24, 2.45) is 0 Å². The highest BCUT2D eigenvalue weighted by Crippen LogP contribution is 2.07. The van der Waals surface area contributed by atoms with Crippen LogP contribution in [0.1, 0.15) is 10.4 Å². The summed E-state index contributed by atoms with van der Waals surface area (Å²) in [5, 5.41) is 0. The molecule has 0 aliphatic heterocycles. The molecule has 16 heavy (non-hydrogen) atoms. The van der Waals surface area contributed by atoms with Crippen LogP contribution in [0.5, 0.6) is 6.01 Å². The molecule has 0 aliphatic carbocycles. The fourth-order valence-electron chi connectivity index (χ4n) is 1.09. The van der Waals surface area contributed by atoms with Gasteiger partial charge < -0.3 is 10.5 Å². The number of ether oxygens (including phenoxy) is 1. The minimum Gasteiger partial charge on any atom is -0.396 e. The number of esters is 1. The molecule has 0 atom stereocenters. The first-order valence-electron chi connectivity index (χ1n) is 4.60. The van der Waals surface area contributed by atoms with E-state index in [1.165, 1.54) is 12.4 Å². The number of carbonyl (C=O) groups is 1. The van der Waals surface area contributed by atoms with Crippen molar-refractivity contribution in [1.29, 1.82) is 0 Å². The number of anilines is 1. The van der Waals surface area contributed by atoms with E-state index in [4.69, 9.17) is 10.5 Å². The van der Waals surface area contributed by atoms with Crippen LogP contribution in [0.25, 0.3) is 0 Å². The predicted molar refractivity (Wildman–Crippen MR) is 57.8 cm³/mol. The molecule has 5 nitrogen and oxygen atoms in total. The molecule has 0 saturated carbocycles. The fraction of sp³-hybridized carbons (Fsp3) is 0. The van der Waals surface area contributed by atoms with Crippen molar-refractivity contribution in [2.45, 2.75) is 0 Å². The fourth-order valence-corrected chi connectivity index (χ4v) is 1.09. The third kappa shape index (κ3) is 2.33. The molecule has 0 fully saturated rings. The van der Waals surface area contributed by atoms with E-state index in [1.807, 2.05) is 6.07 Å². The summed E-state index contributed by atoms with van der Waals surface area (Å²) in [4.78, 5) is 19.1. The number of benzene rings is 1. The van der Waals surface area contributed by atoms with Crippen molar-refractivity contribution in [2.75, 3.05) is 5.73 Å². The topological polar surface area (TPSA) is 78.1 Å². The van der Waals surface area contributed by atoms with Crippen molar-refractivity contribution in [3.8, 4) is 6.01 Å². The molecule has 0 spiro atoms. The van der Waals surface area contributed by atoms with Gasteiger partial charge in [0.1, 0.15) is 0 Å². The molecule has 1 aromatic heterocycles. The molecule has 0 unspecified atom stereocenters. The van der Waals surface area contributed by atoms with E-state index in [2.05, 4.69) is 9.97 Å². The lowest BCUT2D eigenvalue weighted by atomic mass is 10.2. The van der Waals surface area contributed by atoms with Gasteiger partial charge in [-0.2, -0.15) is 0 Å². The second-order valence-electron chi connectivity index (χ2n) is 3.05. The zero-order valence-electron chi connectivity index (χ0n) is 8.33. The lowest BCUT2D eigenvalue weighted by Gasteiger charge is -2.01. The van der Waals surface area contributed by atoms with Gasteiger partial charge in [-0.1, -0.05) is 18.2 Å². The van der Waals surface area contributed by atoms with Crippen molar-refractivity contribution in [1.82, 2.24) is 9.97 Å². The molecule has 0 aliphatic rings. The Kier molecular flexibility index (Phi) is 2.77. The highest BCUT2D eigenvalue weighted by molar-refractivity contribution is 5.90. The highest BCUT2D eigenvalue weighted by Gasteiger charge is 2.08. The van der Waals surface area contributed by atoms with Crippen LogP contribution in [-0.4, -0.2) is 15.9 Å². The Morgan fingerprint density at radius 2 is 1.75 bits per heavy atom. The average molecular weight is 215 g/mol. The molecule has 2 N–H and O–H groups in total. The lowest BCUT2D eigenvalue weighted by Crippen LogP contribution is -2.10. The van der Waals surface area contributed by atoms with E-state index in [1.54, 1.807) is 24.3 Å². The van der Waals surface area contributed by atoms with E-state index < -0.39 is 5.97 Å². The SMILES string of the molecule is Nc1cnc(OC(=O)c2ccccc2)nc1. The van der Waals surface area contributed by atoms with Gasteiger partial charge in [0, 0.05) is 0 Å². The minimum atomic E-state index is -0.495. The molecular weight excluding hydrogens is 206 g/mol. The molecule has 0 bridgehead atoms. The van der Waals surface area contributed by atoms with Gasteiger partial charge in [-0.3, -0.25) is 0 Å². The van der Waals surface area contributed by atoms with Crippen LogP contribution in [0.2, 0.25) is 0 Å². The maximum absolute atomic E-state index is 11.6. The van der Waals surface area contributed by atoms with Gasteiger partial charge in [-0.05, 0) is 12.1 Å². The van der Waals surface area contributed by atoms with Gasteiger partial charge in [0.25, 0.3) is 0 Å². The van der Waals surface area contributed by atoms with Gasteiger partial charge in [0.05, 0.1) is 23.6 Å². The number of hydrogen-bond donors (Lipinski definition) is 1. The van der Waals surface area contributed by atoms with Crippen LogP contribution in [0.15, 0.2) is 42.7 Å².